The Hall–Kier alpha value is -0.320. The Kier molecular flexibility index (Phi) is 3.83. The minimum atomic E-state index is -0.182. The first-order chi connectivity index (χ1) is 7.24. The fraction of sp³-hybridized carbons (Fsp3) is 0.0909. The Morgan fingerprint density at radius 2 is 1.87 bits per heavy atom. The maximum Gasteiger partial charge on any atom is 0.123 e. The molecule has 0 aliphatic heterocycles. The monoisotopic (exact) mass is 302 g/mol. The lowest BCUT2D eigenvalue weighted by Gasteiger charge is -1.98. The molecule has 2 rings (SSSR count). The van der Waals surface area contributed by atoms with Crippen LogP contribution in [-0.2, 0) is 5.75 Å². The van der Waals surface area contributed by atoms with E-state index in [1.165, 1.54) is 17.0 Å². The van der Waals surface area contributed by atoms with Gasteiger partial charge in [0.25, 0.3) is 0 Å². The number of rotatable bonds is 3. The molecule has 0 saturated carbocycles. The number of benzene rings is 1. The maximum absolute atomic E-state index is 12.6. The molecule has 2 aromatic rings. The molecule has 0 nitrogen and oxygen atoms in total. The smallest absolute Gasteiger partial charge is 0.123 e. The van der Waals surface area contributed by atoms with E-state index in [0.717, 1.165) is 14.4 Å². The van der Waals surface area contributed by atoms with Crippen molar-refractivity contribution in [3.63, 3.8) is 0 Å². The summed E-state index contributed by atoms with van der Waals surface area (Å²) in [5.41, 5.74) is 0. The number of hydrogen-bond acceptors (Lipinski definition) is 2. The van der Waals surface area contributed by atoms with E-state index in [1.807, 2.05) is 18.2 Å². The van der Waals surface area contributed by atoms with Gasteiger partial charge in [0.15, 0.2) is 0 Å². The third-order valence-corrected chi connectivity index (χ3v) is 4.69. The van der Waals surface area contributed by atoms with Crippen LogP contribution in [0.5, 0.6) is 0 Å². The second-order valence-corrected chi connectivity index (χ2v) is 6.54. The molecule has 0 fully saturated rings. The molecule has 0 atom stereocenters. The first-order valence-electron chi connectivity index (χ1n) is 4.36. The van der Waals surface area contributed by atoms with Crippen LogP contribution in [-0.4, -0.2) is 0 Å². The van der Waals surface area contributed by atoms with Gasteiger partial charge in [-0.25, -0.2) is 4.39 Å². The molecule has 4 heteroatoms. The molecule has 1 aromatic heterocycles. The highest BCUT2D eigenvalue weighted by molar-refractivity contribution is 9.11. The third-order valence-electron chi connectivity index (χ3n) is 1.82. The van der Waals surface area contributed by atoms with Crippen LogP contribution in [0.15, 0.2) is 45.1 Å². The van der Waals surface area contributed by atoms with E-state index in [0.29, 0.717) is 0 Å². The van der Waals surface area contributed by atoms with E-state index < -0.39 is 0 Å². The maximum atomic E-state index is 12.6. The summed E-state index contributed by atoms with van der Waals surface area (Å²) in [4.78, 5) is 2.41. The molecule has 78 valence electrons. The van der Waals surface area contributed by atoms with Gasteiger partial charge in [-0.2, -0.15) is 0 Å². The van der Waals surface area contributed by atoms with Crippen LogP contribution in [0.2, 0.25) is 0 Å². The van der Waals surface area contributed by atoms with Crippen molar-refractivity contribution in [2.24, 2.45) is 0 Å². The van der Waals surface area contributed by atoms with Crippen molar-refractivity contribution in [3.05, 3.63) is 50.9 Å². The van der Waals surface area contributed by atoms with Crippen LogP contribution < -0.4 is 0 Å². The van der Waals surface area contributed by atoms with Gasteiger partial charge in [0.05, 0.1) is 3.79 Å². The van der Waals surface area contributed by atoms with Gasteiger partial charge in [-0.3, -0.25) is 0 Å². The lowest BCUT2D eigenvalue weighted by molar-refractivity contribution is 0.626. The van der Waals surface area contributed by atoms with E-state index in [-0.39, 0.29) is 5.82 Å². The number of thiophene rings is 1. The lowest BCUT2D eigenvalue weighted by Crippen LogP contribution is -1.76. The van der Waals surface area contributed by atoms with Gasteiger partial charge in [-0.15, -0.1) is 23.1 Å². The summed E-state index contributed by atoms with van der Waals surface area (Å²) in [5.74, 6) is 0.750. The van der Waals surface area contributed by atoms with Crippen molar-refractivity contribution in [2.45, 2.75) is 10.6 Å². The molecule has 0 radical (unpaired) electrons. The first-order valence-corrected chi connectivity index (χ1v) is 6.96. The van der Waals surface area contributed by atoms with E-state index >= 15 is 0 Å². The van der Waals surface area contributed by atoms with E-state index in [4.69, 9.17) is 0 Å². The van der Waals surface area contributed by atoms with Crippen molar-refractivity contribution in [3.8, 4) is 0 Å². The summed E-state index contributed by atoms with van der Waals surface area (Å²) >= 11 is 6.88. The quantitative estimate of drug-likeness (QED) is 0.724. The summed E-state index contributed by atoms with van der Waals surface area (Å²) in [6, 6.07) is 10.8. The first kappa shape index (κ1) is 11.2. The van der Waals surface area contributed by atoms with Gasteiger partial charge in [0.2, 0.25) is 0 Å². The van der Waals surface area contributed by atoms with Gasteiger partial charge >= 0.3 is 0 Å². The third kappa shape index (κ3) is 3.33. The Labute approximate surface area is 105 Å². The summed E-state index contributed by atoms with van der Waals surface area (Å²) in [6.07, 6.45) is 0. The van der Waals surface area contributed by atoms with Crippen molar-refractivity contribution in [1.29, 1.82) is 0 Å². The van der Waals surface area contributed by atoms with Crippen LogP contribution in [0.1, 0.15) is 4.88 Å². The standard InChI is InChI=1S/C11H8BrFS2/c12-11-6-5-10(15-11)7-14-9-3-1-8(13)2-4-9/h1-6H,7H2. The molecule has 0 unspecified atom stereocenters. The van der Waals surface area contributed by atoms with Gasteiger partial charge in [0, 0.05) is 15.5 Å². The molecular weight excluding hydrogens is 295 g/mol. The Bertz CT molecular complexity index is 436. The molecule has 1 aromatic carbocycles. The summed E-state index contributed by atoms with van der Waals surface area (Å²) in [6.45, 7) is 0. The molecular formula is C11H8BrFS2. The molecule has 0 bridgehead atoms. The van der Waals surface area contributed by atoms with E-state index in [9.17, 15) is 4.39 Å². The molecule has 15 heavy (non-hydrogen) atoms. The van der Waals surface area contributed by atoms with Crippen LogP contribution in [0.25, 0.3) is 0 Å². The molecule has 0 saturated heterocycles. The predicted octanol–water partition coefficient (Wildman–Crippen LogP) is 4.94. The Balaban J connectivity index is 1.96. The summed E-state index contributed by atoms with van der Waals surface area (Å²) < 4.78 is 13.8. The number of halogens is 2. The van der Waals surface area contributed by atoms with Gasteiger partial charge in [-0.05, 0) is 52.3 Å². The van der Waals surface area contributed by atoms with Gasteiger partial charge in [0.1, 0.15) is 5.82 Å². The van der Waals surface area contributed by atoms with Crippen LogP contribution in [0, 0.1) is 5.82 Å². The minimum Gasteiger partial charge on any atom is -0.207 e. The zero-order valence-corrected chi connectivity index (χ0v) is 11.0. The molecule has 1 heterocycles. The highest BCUT2D eigenvalue weighted by Gasteiger charge is 1.99. The van der Waals surface area contributed by atoms with Crippen molar-refractivity contribution >= 4 is 39.0 Å². The lowest BCUT2D eigenvalue weighted by atomic mass is 10.4. The van der Waals surface area contributed by atoms with E-state index in [1.54, 1.807) is 23.1 Å². The number of thioether (sulfide) groups is 1. The summed E-state index contributed by atoms with van der Waals surface area (Å²) in [5, 5.41) is 0. The van der Waals surface area contributed by atoms with Crippen LogP contribution in [0.3, 0.4) is 0 Å². The van der Waals surface area contributed by atoms with Crippen molar-refractivity contribution < 1.29 is 4.39 Å². The zero-order valence-electron chi connectivity index (χ0n) is 7.74. The fourth-order valence-corrected chi connectivity index (χ4v) is 3.54. The fourth-order valence-electron chi connectivity index (χ4n) is 1.11. The number of hydrogen-bond donors (Lipinski definition) is 0. The summed E-state index contributed by atoms with van der Waals surface area (Å²) in [7, 11) is 0. The average Bonchev–Trinajstić information content (AvgIpc) is 2.64. The van der Waals surface area contributed by atoms with Crippen molar-refractivity contribution in [1.82, 2.24) is 0 Å². The minimum absolute atomic E-state index is 0.182. The second-order valence-electron chi connectivity index (χ2n) is 2.95. The van der Waals surface area contributed by atoms with Crippen LogP contribution in [0.4, 0.5) is 4.39 Å². The Morgan fingerprint density at radius 1 is 1.13 bits per heavy atom. The zero-order chi connectivity index (χ0) is 10.7. The molecule has 0 aliphatic carbocycles. The predicted molar refractivity (Wildman–Crippen MR) is 68.0 cm³/mol. The molecule has 0 N–H and O–H groups in total. The van der Waals surface area contributed by atoms with Crippen molar-refractivity contribution in [2.75, 3.05) is 0 Å². The highest BCUT2D eigenvalue weighted by atomic mass is 79.9. The molecule has 0 aliphatic rings. The average molecular weight is 303 g/mol. The van der Waals surface area contributed by atoms with Crippen LogP contribution >= 0.6 is 39.0 Å². The molecule has 0 amide bonds. The topological polar surface area (TPSA) is 0 Å². The van der Waals surface area contributed by atoms with Gasteiger partial charge < -0.3 is 0 Å². The second kappa shape index (κ2) is 5.14. The Morgan fingerprint density at radius 3 is 2.47 bits per heavy atom. The molecule has 0 spiro atoms. The van der Waals surface area contributed by atoms with E-state index in [2.05, 4.69) is 22.0 Å². The highest BCUT2D eigenvalue weighted by Crippen LogP contribution is 2.29. The van der Waals surface area contributed by atoms with Gasteiger partial charge in [-0.1, -0.05) is 0 Å². The normalized spacial score (nSPS) is 10.5. The largest absolute Gasteiger partial charge is 0.207 e. The SMILES string of the molecule is Fc1ccc(SCc2ccc(Br)s2)cc1.